The Labute approximate surface area is 197 Å². The molecule has 1 atom stereocenters. The summed E-state index contributed by atoms with van der Waals surface area (Å²) in [5.41, 5.74) is 1.45. The molecule has 1 heterocycles. The van der Waals surface area contributed by atoms with Crippen LogP contribution >= 0.6 is 0 Å². The standard InChI is InChI=1S/C27H27N3O4/c1-4-18(2)28-25(31)20-15-13-19(14-16-20)17-29-22-10-6-5-9-21(22)26(32)30(27(29)33)23-11-7-8-12-24(23)34-3/h5-16,18H,4,17H2,1-3H3,(H,28,31). The second-order valence-electron chi connectivity index (χ2n) is 8.18. The number of nitrogens with one attached hydrogen (secondary N) is 1. The van der Waals surface area contributed by atoms with Crippen LogP contribution < -0.4 is 21.3 Å². The van der Waals surface area contributed by atoms with Gasteiger partial charge in [-0.05, 0) is 55.3 Å². The van der Waals surface area contributed by atoms with Gasteiger partial charge in [0.05, 0.1) is 30.2 Å². The molecule has 1 amide bonds. The predicted octanol–water partition coefficient (Wildman–Crippen LogP) is 3.74. The van der Waals surface area contributed by atoms with Crippen molar-refractivity contribution in [2.75, 3.05) is 7.11 Å². The Balaban J connectivity index is 1.80. The molecule has 7 heteroatoms. The molecule has 0 saturated heterocycles. The molecule has 0 radical (unpaired) electrons. The van der Waals surface area contributed by atoms with Gasteiger partial charge >= 0.3 is 5.69 Å². The van der Waals surface area contributed by atoms with Crippen molar-refractivity contribution in [1.82, 2.24) is 14.5 Å². The van der Waals surface area contributed by atoms with Gasteiger partial charge in [-0.3, -0.25) is 14.2 Å². The first-order chi connectivity index (χ1) is 16.4. The monoisotopic (exact) mass is 457 g/mol. The van der Waals surface area contributed by atoms with Gasteiger partial charge in [0.2, 0.25) is 0 Å². The maximum absolute atomic E-state index is 13.6. The summed E-state index contributed by atoms with van der Waals surface area (Å²) >= 11 is 0. The van der Waals surface area contributed by atoms with Crippen LogP contribution in [0.2, 0.25) is 0 Å². The smallest absolute Gasteiger partial charge is 0.336 e. The summed E-state index contributed by atoms with van der Waals surface area (Å²) in [7, 11) is 1.50. The minimum atomic E-state index is -0.466. The van der Waals surface area contributed by atoms with E-state index in [0.717, 1.165) is 16.6 Å². The summed E-state index contributed by atoms with van der Waals surface area (Å²) in [5.74, 6) is 0.299. The summed E-state index contributed by atoms with van der Waals surface area (Å²) in [6.45, 7) is 4.21. The van der Waals surface area contributed by atoms with Gasteiger partial charge in [0.25, 0.3) is 11.5 Å². The number of carbonyl (C=O) groups is 1. The molecule has 7 nitrogen and oxygen atoms in total. The number of ether oxygens (including phenoxy) is 1. The van der Waals surface area contributed by atoms with E-state index in [9.17, 15) is 14.4 Å². The zero-order chi connectivity index (χ0) is 24.2. The number of methoxy groups -OCH3 is 1. The first-order valence-corrected chi connectivity index (χ1v) is 11.2. The maximum Gasteiger partial charge on any atom is 0.336 e. The van der Waals surface area contributed by atoms with Crippen LogP contribution in [-0.4, -0.2) is 28.2 Å². The summed E-state index contributed by atoms with van der Waals surface area (Å²) in [5, 5.41) is 3.38. The van der Waals surface area contributed by atoms with Crippen LogP contribution in [0, 0.1) is 0 Å². The molecule has 0 aliphatic heterocycles. The normalized spacial score (nSPS) is 11.9. The lowest BCUT2D eigenvalue weighted by atomic mass is 10.1. The summed E-state index contributed by atoms with van der Waals surface area (Å²) in [6, 6.07) is 21.2. The number of amides is 1. The van der Waals surface area contributed by atoms with Gasteiger partial charge in [0.15, 0.2) is 0 Å². The van der Waals surface area contributed by atoms with E-state index < -0.39 is 11.2 Å². The van der Waals surface area contributed by atoms with Crippen molar-refractivity contribution in [3.05, 3.63) is 105 Å². The first-order valence-electron chi connectivity index (χ1n) is 11.2. The average molecular weight is 458 g/mol. The molecular weight excluding hydrogens is 430 g/mol. The highest BCUT2D eigenvalue weighted by Gasteiger charge is 2.17. The summed E-state index contributed by atoms with van der Waals surface area (Å²) < 4.78 is 8.12. The third-order valence-corrected chi connectivity index (χ3v) is 5.92. The Morgan fingerprint density at radius 2 is 1.65 bits per heavy atom. The molecular formula is C27H27N3O4. The Hall–Kier alpha value is -4.13. The largest absolute Gasteiger partial charge is 0.495 e. The van der Waals surface area contributed by atoms with Crippen molar-refractivity contribution in [3.8, 4) is 11.4 Å². The Bertz CT molecular complexity index is 1450. The average Bonchev–Trinajstić information content (AvgIpc) is 2.87. The highest BCUT2D eigenvalue weighted by molar-refractivity contribution is 5.94. The van der Waals surface area contributed by atoms with Gasteiger partial charge in [0.1, 0.15) is 5.75 Å². The fourth-order valence-electron chi connectivity index (χ4n) is 3.85. The number of hydrogen-bond donors (Lipinski definition) is 1. The molecule has 0 aliphatic carbocycles. The number of nitrogens with zero attached hydrogens (tertiary/aromatic N) is 2. The Morgan fingerprint density at radius 1 is 0.971 bits per heavy atom. The zero-order valence-electron chi connectivity index (χ0n) is 19.4. The van der Waals surface area contributed by atoms with E-state index in [-0.39, 0.29) is 18.5 Å². The molecule has 0 bridgehead atoms. The van der Waals surface area contributed by atoms with Crippen molar-refractivity contribution in [1.29, 1.82) is 0 Å². The van der Waals surface area contributed by atoms with E-state index in [2.05, 4.69) is 5.32 Å². The topological polar surface area (TPSA) is 82.3 Å². The molecule has 4 rings (SSSR count). The first kappa shape index (κ1) is 23.0. The van der Waals surface area contributed by atoms with E-state index in [1.54, 1.807) is 65.2 Å². The Kier molecular flexibility index (Phi) is 6.63. The second-order valence-corrected chi connectivity index (χ2v) is 8.18. The van der Waals surface area contributed by atoms with Crippen molar-refractivity contribution in [2.45, 2.75) is 32.9 Å². The molecule has 0 fully saturated rings. The Morgan fingerprint density at radius 3 is 2.35 bits per heavy atom. The minimum absolute atomic E-state index is 0.0909. The van der Waals surface area contributed by atoms with Gasteiger partial charge < -0.3 is 10.1 Å². The molecule has 34 heavy (non-hydrogen) atoms. The fourth-order valence-corrected chi connectivity index (χ4v) is 3.85. The minimum Gasteiger partial charge on any atom is -0.495 e. The van der Waals surface area contributed by atoms with Crippen LogP contribution in [-0.2, 0) is 6.54 Å². The van der Waals surface area contributed by atoms with Crippen LogP contribution in [0.15, 0.2) is 82.4 Å². The molecule has 1 aromatic heterocycles. The van der Waals surface area contributed by atoms with Crippen LogP contribution in [0.4, 0.5) is 0 Å². The van der Waals surface area contributed by atoms with Crippen molar-refractivity contribution < 1.29 is 9.53 Å². The van der Waals surface area contributed by atoms with E-state index >= 15 is 0 Å². The number of carbonyl (C=O) groups excluding carboxylic acids is 1. The maximum atomic E-state index is 13.6. The number of rotatable bonds is 7. The molecule has 0 spiro atoms. The molecule has 0 aliphatic rings. The van der Waals surface area contributed by atoms with Crippen LogP contribution in [0.25, 0.3) is 16.6 Å². The van der Waals surface area contributed by atoms with Crippen molar-refractivity contribution in [3.63, 3.8) is 0 Å². The highest BCUT2D eigenvalue weighted by Crippen LogP contribution is 2.20. The zero-order valence-corrected chi connectivity index (χ0v) is 19.4. The third-order valence-electron chi connectivity index (χ3n) is 5.92. The van der Waals surface area contributed by atoms with Crippen LogP contribution in [0.5, 0.6) is 5.75 Å². The number of benzene rings is 3. The fraction of sp³-hybridized carbons (Fsp3) is 0.222. The van der Waals surface area contributed by atoms with Gasteiger partial charge in [-0.1, -0.05) is 43.3 Å². The van der Waals surface area contributed by atoms with E-state index in [1.165, 1.54) is 7.11 Å². The van der Waals surface area contributed by atoms with Crippen LogP contribution in [0.3, 0.4) is 0 Å². The predicted molar refractivity (Wildman–Crippen MR) is 133 cm³/mol. The van der Waals surface area contributed by atoms with E-state index in [1.807, 2.05) is 26.0 Å². The lowest BCUT2D eigenvalue weighted by molar-refractivity contribution is 0.0939. The lowest BCUT2D eigenvalue weighted by Gasteiger charge is -2.16. The molecule has 1 unspecified atom stereocenters. The van der Waals surface area contributed by atoms with Crippen LogP contribution in [0.1, 0.15) is 36.2 Å². The molecule has 3 aromatic carbocycles. The number of hydrogen-bond acceptors (Lipinski definition) is 4. The van der Waals surface area contributed by atoms with Gasteiger partial charge in [-0.2, -0.15) is 0 Å². The number of aromatic nitrogens is 2. The van der Waals surface area contributed by atoms with Crippen molar-refractivity contribution >= 4 is 16.8 Å². The third kappa shape index (κ3) is 4.37. The van der Waals surface area contributed by atoms with E-state index in [4.69, 9.17) is 4.74 Å². The van der Waals surface area contributed by atoms with Gasteiger partial charge in [-0.25, -0.2) is 9.36 Å². The molecule has 174 valence electrons. The van der Waals surface area contributed by atoms with Gasteiger partial charge in [0, 0.05) is 11.6 Å². The highest BCUT2D eigenvalue weighted by atomic mass is 16.5. The molecule has 0 saturated carbocycles. The number of fused-ring (bicyclic) bond motifs is 1. The quantitative estimate of drug-likeness (QED) is 0.458. The summed E-state index contributed by atoms with van der Waals surface area (Å²) in [6.07, 6.45) is 0.849. The molecule has 4 aromatic rings. The SMILES string of the molecule is CCC(C)NC(=O)c1ccc(Cn2c(=O)n(-c3ccccc3OC)c(=O)c3ccccc32)cc1. The summed E-state index contributed by atoms with van der Waals surface area (Å²) in [4.78, 5) is 39.3. The van der Waals surface area contributed by atoms with E-state index in [0.29, 0.717) is 27.9 Å². The van der Waals surface area contributed by atoms with Crippen molar-refractivity contribution in [2.24, 2.45) is 0 Å². The van der Waals surface area contributed by atoms with Gasteiger partial charge in [-0.15, -0.1) is 0 Å². The lowest BCUT2D eigenvalue weighted by Crippen LogP contribution is -2.39. The second kappa shape index (κ2) is 9.79. The molecule has 1 N–H and O–H groups in total. The number of para-hydroxylation sites is 3.